The summed E-state index contributed by atoms with van der Waals surface area (Å²) < 4.78 is 7.87. The lowest BCUT2D eigenvalue weighted by molar-refractivity contribution is 0.291. The predicted octanol–water partition coefficient (Wildman–Crippen LogP) is 2.45. The van der Waals surface area contributed by atoms with Crippen molar-refractivity contribution in [2.45, 2.75) is 33.9 Å². The molecule has 0 amide bonds. The van der Waals surface area contributed by atoms with Crippen molar-refractivity contribution in [3.63, 3.8) is 0 Å². The van der Waals surface area contributed by atoms with E-state index < -0.39 is 0 Å². The fourth-order valence-corrected chi connectivity index (χ4v) is 2.01. The van der Waals surface area contributed by atoms with Crippen molar-refractivity contribution in [1.82, 2.24) is 19.9 Å². The molecule has 0 saturated heterocycles. The number of nitrogens with zero attached hydrogens (tertiary/aromatic N) is 3. The Morgan fingerprint density at radius 1 is 1.33 bits per heavy atom. The summed E-state index contributed by atoms with van der Waals surface area (Å²) in [6.07, 6.45) is 3.59. The van der Waals surface area contributed by atoms with Crippen LogP contribution in [0.5, 0.6) is 5.75 Å². The Hall–Kier alpha value is -1.88. The van der Waals surface area contributed by atoms with E-state index in [0.717, 1.165) is 35.9 Å². The minimum Gasteiger partial charge on any atom is -0.485 e. The fourth-order valence-electron chi connectivity index (χ4n) is 2.01. The van der Waals surface area contributed by atoms with Gasteiger partial charge in [0.15, 0.2) is 0 Å². The van der Waals surface area contributed by atoms with Crippen LogP contribution < -0.4 is 10.1 Å². The van der Waals surface area contributed by atoms with Gasteiger partial charge >= 0.3 is 0 Å². The monoisotopic (exact) mass is 288 g/mol. The molecular formula is C16H24N4O. The van der Waals surface area contributed by atoms with E-state index in [9.17, 15) is 0 Å². The highest BCUT2D eigenvalue weighted by molar-refractivity contribution is 5.29. The lowest BCUT2D eigenvalue weighted by atomic mass is 10.2. The molecule has 0 fully saturated rings. The van der Waals surface area contributed by atoms with Gasteiger partial charge in [-0.15, -0.1) is 0 Å². The van der Waals surface area contributed by atoms with Gasteiger partial charge < -0.3 is 14.6 Å². The largest absolute Gasteiger partial charge is 0.485 e. The zero-order chi connectivity index (χ0) is 15.2. The van der Waals surface area contributed by atoms with Crippen LogP contribution >= 0.6 is 0 Å². The molecule has 5 heteroatoms. The van der Waals surface area contributed by atoms with Crippen molar-refractivity contribution in [1.29, 1.82) is 0 Å². The topological polar surface area (TPSA) is 52.0 Å². The number of nitrogens with one attached hydrogen (secondary N) is 1. The molecule has 0 saturated carbocycles. The smallest absolute Gasteiger partial charge is 0.142 e. The van der Waals surface area contributed by atoms with Gasteiger partial charge in [0, 0.05) is 19.3 Å². The summed E-state index contributed by atoms with van der Waals surface area (Å²) in [5.41, 5.74) is 3.00. The molecule has 2 aromatic rings. The molecule has 0 unspecified atom stereocenters. The standard InChI is InChI=1S/C16H24N4O/c1-12(2)7-17-9-15-16(6-5-13(3)19-15)21-10-14-8-18-11-20(14)4/h5-6,8,11-12,17H,7,9-10H2,1-4H3. The average Bonchev–Trinajstić information content (AvgIpc) is 2.83. The minimum atomic E-state index is 0.498. The Morgan fingerprint density at radius 3 is 2.81 bits per heavy atom. The molecule has 21 heavy (non-hydrogen) atoms. The van der Waals surface area contributed by atoms with Crippen LogP contribution in [0.1, 0.15) is 30.9 Å². The van der Waals surface area contributed by atoms with Crippen molar-refractivity contribution >= 4 is 0 Å². The van der Waals surface area contributed by atoms with Gasteiger partial charge in [-0.1, -0.05) is 13.8 Å². The average molecular weight is 288 g/mol. The molecule has 0 aliphatic heterocycles. The van der Waals surface area contributed by atoms with Crippen LogP contribution in [-0.4, -0.2) is 21.1 Å². The van der Waals surface area contributed by atoms with E-state index in [4.69, 9.17) is 4.74 Å². The van der Waals surface area contributed by atoms with Crippen molar-refractivity contribution in [2.75, 3.05) is 6.54 Å². The number of imidazole rings is 1. The van der Waals surface area contributed by atoms with Crippen LogP contribution in [0.3, 0.4) is 0 Å². The normalized spacial score (nSPS) is 11.1. The van der Waals surface area contributed by atoms with Gasteiger partial charge in [-0.3, -0.25) is 4.98 Å². The van der Waals surface area contributed by atoms with Gasteiger partial charge in [0.05, 0.1) is 23.9 Å². The highest BCUT2D eigenvalue weighted by Gasteiger charge is 2.08. The van der Waals surface area contributed by atoms with Crippen LogP contribution in [-0.2, 0) is 20.2 Å². The Kier molecular flexibility index (Phi) is 5.33. The summed E-state index contributed by atoms with van der Waals surface area (Å²) in [5, 5.41) is 3.41. The minimum absolute atomic E-state index is 0.498. The summed E-state index contributed by atoms with van der Waals surface area (Å²) >= 11 is 0. The van der Waals surface area contributed by atoms with Gasteiger partial charge in [-0.05, 0) is 31.5 Å². The summed E-state index contributed by atoms with van der Waals surface area (Å²) in [5.74, 6) is 1.45. The maximum atomic E-state index is 5.91. The van der Waals surface area contributed by atoms with Crippen molar-refractivity contribution in [3.8, 4) is 5.75 Å². The van der Waals surface area contributed by atoms with Crippen molar-refractivity contribution < 1.29 is 4.74 Å². The van der Waals surface area contributed by atoms with Crippen molar-refractivity contribution in [3.05, 3.63) is 41.7 Å². The summed E-state index contributed by atoms with van der Waals surface area (Å²) in [7, 11) is 1.96. The Morgan fingerprint density at radius 2 is 2.14 bits per heavy atom. The van der Waals surface area contributed by atoms with Gasteiger partial charge in [0.2, 0.25) is 0 Å². The van der Waals surface area contributed by atoms with E-state index in [1.54, 1.807) is 6.33 Å². The second-order valence-corrected chi connectivity index (χ2v) is 5.71. The van der Waals surface area contributed by atoms with Crippen LogP contribution in [0.25, 0.3) is 0 Å². The van der Waals surface area contributed by atoms with Gasteiger partial charge in [-0.25, -0.2) is 4.98 Å². The number of pyridine rings is 1. The van der Waals surface area contributed by atoms with Gasteiger partial charge in [-0.2, -0.15) is 0 Å². The zero-order valence-electron chi connectivity index (χ0n) is 13.3. The first-order chi connectivity index (χ1) is 10.1. The highest BCUT2D eigenvalue weighted by atomic mass is 16.5. The fraction of sp³-hybridized carbons (Fsp3) is 0.500. The maximum Gasteiger partial charge on any atom is 0.142 e. The second-order valence-electron chi connectivity index (χ2n) is 5.71. The Labute approximate surface area is 126 Å². The number of aromatic nitrogens is 3. The van der Waals surface area contributed by atoms with Crippen LogP contribution in [0.15, 0.2) is 24.7 Å². The number of hydrogen-bond acceptors (Lipinski definition) is 4. The molecule has 5 nitrogen and oxygen atoms in total. The maximum absolute atomic E-state index is 5.91. The number of hydrogen-bond donors (Lipinski definition) is 1. The molecule has 0 aliphatic rings. The molecule has 1 N–H and O–H groups in total. The summed E-state index contributed by atoms with van der Waals surface area (Å²) in [6, 6.07) is 3.97. The van der Waals surface area contributed by atoms with Crippen molar-refractivity contribution in [2.24, 2.45) is 13.0 Å². The van der Waals surface area contributed by atoms with Crippen LogP contribution in [0, 0.1) is 12.8 Å². The quantitative estimate of drug-likeness (QED) is 0.850. The Balaban J connectivity index is 2.02. The van der Waals surface area contributed by atoms with Gasteiger partial charge in [0.1, 0.15) is 12.4 Å². The second kappa shape index (κ2) is 7.22. The molecule has 114 valence electrons. The first-order valence-corrected chi connectivity index (χ1v) is 7.31. The lowest BCUT2D eigenvalue weighted by Crippen LogP contribution is -2.20. The van der Waals surface area contributed by atoms with Crippen LogP contribution in [0.4, 0.5) is 0 Å². The lowest BCUT2D eigenvalue weighted by Gasteiger charge is -2.13. The molecule has 0 aliphatic carbocycles. The Bertz CT molecular complexity index is 577. The third-order valence-corrected chi connectivity index (χ3v) is 3.21. The van der Waals surface area contributed by atoms with E-state index in [2.05, 4.69) is 29.1 Å². The SMILES string of the molecule is Cc1ccc(OCc2cncn2C)c(CNCC(C)C)n1. The molecule has 0 radical (unpaired) electrons. The highest BCUT2D eigenvalue weighted by Crippen LogP contribution is 2.18. The molecule has 0 bridgehead atoms. The molecule has 2 heterocycles. The number of aryl methyl sites for hydroxylation is 2. The van der Waals surface area contributed by atoms with E-state index in [0.29, 0.717) is 12.5 Å². The molecular weight excluding hydrogens is 264 g/mol. The molecule has 2 aromatic heterocycles. The first kappa shape index (κ1) is 15.5. The number of rotatable bonds is 7. The predicted molar refractivity (Wildman–Crippen MR) is 83.1 cm³/mol. The third kappa shape index (κ3) is 4.56. The third-order valence-electron chi connectivity index (χ3n) is 3.21. The zero-order valence-corrected chi connectivity index (χ0v) is 13.3. The summed E-state index contributed by atoms with van der Waals surface area (Å²) in [6.45, 7) is 8.57. The van der Waals surface area contributed by atoms with Gasteiger partial charge in [0.25, 0.3) is 0 Å². The first-order valence-electron chi connectivity index (χ1n) is 7.31. The van der Waals surface area contributed by atoms with E-state index in [-0.39, 0.29) is 0 Å². The molecule has 2 rings (SSSR count). The van der Waals surface area contributed by atoms with E-state index >= 15 is 0 Å². The molecule has 0 atom stereocenters. The number of ether oxygens (including phenoxy) is 1. The molecule has 0 spiro atoms. The van der Waals surface area contributed by atoms with Crippen LogP contribution in [0.2, 0.25) is 0 Å². The summed E-state index contributed by atoms with van der Waals surface area (Å²) in [4.78, 5) is 8.68. The van der Waals surface area contributed by atoms with E-state index in [1.807, 2.05) is 36.9 Å². The van der Waals surface area contributed by atoms with E-state index in [1.165, 1.54) is 0 Å². The molecule has 0 aromatic carbocycles.